The zero-order valence-corrected chi connectivity index (χ0v) is 12.3. The van der Waals surface area contributed by atoms with Crippen LogP contribution in [0.25, 0.3) is 0 Å². The molecule has 1 aromatic rings. The summed E-state index contributed by atoms with van der Waals surface area (Å²) in [5, 5.41) is 0. The van der Waals surface area contributed by atoms with E-state index in [1.54, 1.807) is 0 Å². The summed E-state index contributed by atoms with van der Waals surface area (Å²) in [6, 6.07) is 8.04. The first-order chi connectivity index (χ1) is 9.59. The number of hydrogen-bond acceptors (Lipinski definition) is 4. The fraction of sp³-hybridized carbons (Fsp3) is 0.467. The van der Waals surface area contributed by atoms with Crippen molar-refractivity contribution in [2.24, 2.45) is 5.73 Å². The van der Waals surface area contributed by atoms with Gasteiger partial charge in [0.05, 0.1) is 18.1 Å². The van der Waals surface area contributed by atoms with E-state index in [2.05, 4.69) is 16.7 Å². The first kappa shape index (κ1) is 15.0. The Labute approximate surface area is 120 Å². The molecule has 0 aliphatic carbocycles. The van der Waals surface area contributed by atoms with E-state index in [1.807, 2.05) is 24.3 Å². The third kappa shape index (κ3) is 4.64. The third-order valence-electron chi connectivity index (χ3n) is 3.34. The minimum absolute atomic E-state index is 0.271. The van der Waals surface area contributed by atoms with Gasteiger partial charge < -0.3 is 5.73 Å². The lowest BCUT2D eigenvalue weighted by atomic mass is 10.1. The fourth-order valence-electron chi connectivity index (χ4n) is 2.25. The molecule has 108 valence electrons. The molecule has 0 bridgehead atoms. The number of nitrogens with two attached hydrogens (primary N) is 1. The van der Waals surface area contributed by atoms with Crippen LogP contribution in [0.5, 0.6) is 0 Å². The van der Waals surface area contributed by atoms with Crippen LogP contribution in [-0.2, 0) is 16.4 Å². The first-order valence-corrected chi connectivity index (χ1v) is 8.62. The SMILES string of the molecule is NCC#Cc1ccc(CN2CCCS(=O)(=O)CC2)cc1. The topological polar surface area (TPSA) is 63.4 Å². The van der Waals surface area contributed by atoms with E-state index in [0.717, 1.165) is 25.1 Å². The van der Waals surface area contributed by atoms with E-state index in [4.69, 9.17) is 5.73 Å². The van der Waals surface area contributed by atoms with Crippen LogP contribution < -0.4 is 5.73 Å². The normalized spacial score (nSPS) is 18.9. The van der Waals surface area contributed by atoms with Gasteiger partial charge in [-0.05, 0) is 30.7 Å². The van der Waals surface area contributed by atoms with Crippen molar-refractivity contribution in [2.45, 2.75) is 13.0 Å². The monoisotopic (exact) mass is 292 g/mol. The van der Waals surface area contributed by atoms with Crippen molar-refractivity contribution in [1.82, 2.24) is 4.90 Å². The summed E-state index contributed by atoms with van der Waals surface area (Å²) < 4.78 is 23.1. The summed E-state index contributed by atoms with van der Waals surface area (Å²) in [5.74, 6) is 6.40. The minimum atomic E-state index is -2.83. The van der Waals surface area contributed by atoms with Gasteiger partial charge in [0.2, 0.25) is 0 Å². The van der Waals surface area contributed by atoms with Crippen molar-refractivity contribution in [2.75, 3.05) is 31.1 Å². The summed E-state index contributed by atoms with van der Waals surface area (Å²) in [4.78, 5) is 2.20. The Hall–Kier alpha value is -1.35. The zero-order valence-electron chi connectivity index (χ0n) is 11.5. The van der Waals surface area contributed by atoms with Crippen LogP contribution in [-0.4, -0.2) is 44.5 Å². The van der Waals surface area contributed by atoms with Crippen molar-refractivity contribution >= 4 is 9.84 Å². The van der Waals surface area contributed by atoms with Crippen LogP contribution in [0.1, 0.15) is 17.5 Å². The van der Waals surface area contributed by atoms with Gasteiger partial charge in [-0.3, -0.25) is 4.90 Å². The van der Waals surface area contributed by atoms with Gasteiger partial charge >= 0.3 is 0 Å². The van der Waals surface area contributed by atoms with Crippen LogP contribution in [0.4, 0.5) is 0 Å². The highest BCUT2D eigenvalue weighted by atomic mass is 32.2. The number of rotatable bonds is 2. The molecular formula is C15H20N2O2S. The van der Waals surface area contributed by atoms with Gasteiger partial charge in [-0.2, -0.15) is 0 Å². The molecule has 1 fully saturated rings. The lowest BCUT2D eigenvalue weighted by molar-refractivity contribution is 0.287. The molecule has 1 aliphatic heterocycles. The van der Waals surface area contributed by atoms with Gasteiger partial charge in [-0.1, -0.05) is 24.0 Å². The highest BCUT2D eigenvalue weighted by Crippen LogP contribution is 2.11. The van der Waals surface area contributed by atoms with Crippen molar-refractivity contribution < 1.29 is 8.42 Å². The van der Waals surface area contributed by atoms with E-state index in [0.29, 0.717) is 18.8 Å². The maximum Gasteiger partial charge on any atom is 0.151 e. The highest BCUT2D eigenvalue weighted by Gasteiger charge is 2.18. The maximum absolute atomic E-state index is 11.6. The molecule has 0 atom stereocenters. The molecular weight excluding hydrogens is 272 g/mol. The molecule has 1 saturated heterocycles. The molecule has 2 rings (SSSR count). The Bertz CT molecular complexity index is 597. The second-order valence-electron chi connectivity index (χ2n) is 4.98. The Morgan fingerprint density at radius 3 is 2.60 bits per heavy atom. The van der Waals surface area contributed by atoms with Crippen LogP contribution >= 0.6 is 0 Å². The average Bonchev–Trinajstić information content (AvgIpc) is 2.59. The van der Waals surface area contributed by atoms with Gasteiger partial charge in [-0.25, -0.2) is 8.42 Å². The van der Waals surface area contributed by atoms with E-state index in [-0.39, 0.29) is 5.75 Å². The lowest BCUT2D eigenvalue weighted by Gasteiger charge is -2.19. The largest absolute Gasteiger partial charge is 0.320 e. The van der Waals surface area contributed by atoms with Crippen LogP contribution in [0.15, 0.2) is 24.3 Å². The summed E-state index contributed by atoms with van der Waals surface area (Å²) in [6.07, 6.45) is 0.725. The second-order valence-corrected chi connectivity index (χ2v) is 7.29. The molecule has 5 heteroatoms. The summed E-state index contributed by atoms with van der Waals surface area (Å²) in [7, 11) is -2.83. The molecule has 1 aliphatic rings. The van der Waals surface area contributed by atoms with Gasteiger partial charge in [0.1, 0.15) is 0 Å². The van der Waals surface area contributed by atoms with E-state index in [1.165, 1.54) is 5.56 Å². The molecule has 0 aromatic heterocycles. The Morgan fingerprint density at radius 2 is 1.90 bits per heavy atom. The number of sulfone groups is 1. The molecule has 0 spiro atoms. The molecule has 1 heterocycles. The average molecular weight is 292 g/mol. The Kier molecular flexibility index (Phi) is 5.18. The van der Waals surface area contributed by atoms with Gasteiger partial charge in [0.15, 0.2) is 9.84 Å². The van der Waals surface area contributed by atoms with Gasteiger partial charge in [-0.15, -0.1) is 0 Å². The quantitative estimate of drug-likeness (QED) is 0.812. The summed E-state index contributed by atoms with van der Waals surface area (Å²) in [5.41, 5.74) is 7.48. The van der Waals surface area contributed by atoms with E-state index in [9.17, 15) is 8.42 Å². The first-order valence-electron chi connectivity index (χ1n) is 6.80. The summed E-state index contributed by atoms with van der Waals surface area (Å²) >= 11 is 0. The van der Waals surface area contributed by atoms with Crippen molar-refractivity contribution in [3.8, 4) is 11.8 Å². The predicted octanol–water partition coefficient (Wildman–Crippen LogP) is 0.617. The Morgan fingerprint density at radius 1 is 1.15 bits per heavy atom. The highest BCUT2D eigenvalue weighted by molar-refractivity contribution is 7.91. The van der Waals surface area contributed by atoms with Crippen molar-refractivity contribution in [3.63, 3.8) is 0 Å². The van der Waals surface area contributed by atoms with Crippen molar-refractivity contribution in [1.29, 1.82) is 0 Å². The molecule has 0 unspecified atom stereocenters. The van der Waals surface area contributed by atoms with Crippen LogP contribution in [0, 0.1) is 11.8 Å². The number of hydrogen-bond donors (Lipinski definition) is 1. The molecule has 0 amide bonds. The Balaban J connectivity index is 1.96. The molecule has 4 nitrogen and oxygen atoms in total. The number of benzene rings is 1. The predicted molar refractivity (Wildman–Crippen MR) is 80.9 cm³/mol. The van der Waals surface area contributed by atoms with Crippen molar-refractivity contribution in [3.05, 3.63) is 35.4 Å². The molecule has 2 N–H and O–H groups in total. The standard InChI is InChI=1S/C15H20N2O2S/c16-8-1-3-14-4-6-15(7-5-14)13-17-9-2-11-20(18,19)12-10-17/h4-7H,2,8-13,16H2. The lowest BCUT2D eigenvalue weighted by Crippen LogP contribution is -2.26. The molecule has 0 saturated carbocycles. The van der Waals surface area contributed by atoms with Crippen LogP contribution in [0.2, 0.25) is 0 Å². The van der Waals surface area contributed by atoms with Gasteiger partial charge in [0, 0.05) is 18.7 Å². The number of nitrogens with zero attached hydrogens (tertiary/aromatic N) is 1. The van der Waals surface area contributed by atoms with Gasteiger partial charge in [0.25, 0.3) is 0 Å². The molecule has 20 heavy (non-hydrogen) atoms. The minimum Gasteiger partial charge on any atom is -0.320 e. The zero-order chi connectivity index (χ0) is 14.4. The van der Waals surface area contributed by atoms with Crippen LogP contribution in [0.3, 0.4) is 0 Å². The summed E-state index contributed by atoms with van der Waals surface area (Å²) in [6.45, 7) is 2.62. The fourth-order valence-corrected chi connectivity index (χ4v) is 3.56. The third-order valence-corrected chi connectivity index (χ3v) is 5.06. The maximum atomic E-state index is 11.6. The van der Waals surface area contributed by atoms with E-state index >= 15 is 0 Å². The van der Waals surface area contributed by atoms with E-state index < -0.39 is 9.84 Å². The molecule has 1 aromatic carbocycles. The second kappa shape index (κ2) is 6.89. The smallest absolute Gasteiger partial charge is 0.151 e. The molecule has 0 radical (unpaired) electrons.